The maximum absolute atomic E-state index is 13.2. The van der Waals surface area contributed by atoms with Gasteiger partial charge in [0.15, 0.2) is 22.7 Å². The number of hydrazone groups is 1. The highest BCUT2D eigenvalue weighted by atomic mass is 16.5. The van der Waals surface area contributed by atoms with Gasteiger partial charge in [-0.2, -0.15) is 10.1 Å². The summed E-state index contributed by atoms with van der Waals surface area (Å²) < 4.78 is 9.26. The first-order chi connectivity index (χ1) is 15.8. The fourth-order valence-corrected chi connectivity index (χ4v) is 3.55. The molecule has 0 aliphatic carbocycles. The topological polar surface area (TPSA) is 116 Å². The van der Waals surface area contributed by atoms with E-state index in [1.54, 1.807) is 37.7 Å². The van der Waals surface area contributed by atoms with Crippen molar-refractivity contribution >= 4 is 22.8 Å². The Bertz CT molecular complexity index is 1480. The molecular formula is C23H24N6O4. The van der Waals surface area contributed by atoms with Crippen molar-refractivity contribution < 1.29 is 9.84 Å². The quantitative estimate of drug-likeness (QED) is 0.345. The van der Waals surface area contributed by atoms with Crippen molar-refractivity contribution in [1.29, 1.82) is 0 Å². The lowest BCUT2D eigenvalue weighted by molar-refractivity contribution is 0.373. The van der Waals surface area contributed by atoms with Crippen molar-refractivity contribution in [2.45, 2.75) is 13.5 Å². The van der Waals surface area contributed by atoms with Crippen LogP contribution in [0.25, 0.3) is 11.2 Å². The number of benzene rings is 2. The van der Waals surface area contributed by atoms with Gasteiger partial charge < -0.3 is 14.4 Å². The van der Waals surface area contributed by atoms with E-state index in [-0.39, 0.29) is 23.5 Å². The number of ether oxygens (including phenoxy) is 1. The molecule has 10 nitrogen and oxygen atoms in total. The van der Waals surface area contributed by atoms with Crippen LogP contribution in [0.5, 0.6) is 11.5 Å². The number of nitrogens with one attached hydrogen (secondary N) is 1. The molecule has 10 heteroatoms. The number of anilines is 1. The van der Waals surface area contributed by atoms with E-state index in [0.717, 1.165) is 11.1 Å². The molecule has 33 heavy (non-hydrogen) atoms. The van der Waals surface area contributed by atoms with Gasteiger partial charge in [0.05, 0.1) is 19.4 Å². The molecule has 4 rings (SSSR count). The molecule has 170 valence electrons. The number of aromatic nitrogens is 4. The lowest BCUT2D eigenvalue weighted by Gasteiger charge is -2.08. The largest absolute Gasteiger partial charge is 0.504 e. The van der Waals surface area contributed by atoms with Gasteiger partial charge in [-0.3, -0.25) is 13.9 Å². The number of phenolic OH excluding ortho intramolecular Hbond substituents is 1. The number of hydrogen-bond donors (Lipinski definition) is 2. The number of hydrogen-bond acceptors (Lipinski definition) is 7. The highest BCUT2D eigenvalue weighted by molar-refractivity contribution is 5.99. The SMILES string of the molecule is COc1cc(/C(C)=N\Nc2nc3c(c(=O)n(Cc4ccccc4)c(=O)n3C)n2C)ccc1O. The number of aromatic hydroxyl groups is 1. The molecule has 0 aliphatic rings. The van der Waals surface area contributed by atoms with Gasteiger partial charge in [-0.15, -0.1) is 0 Å². The standard InChI is InChI=1S/C23H24N6O4/c1-14(16-10-11-17(30)18(12-16)33-4)25-26-22-24-20-19(27(22)2)21(31)29(23(32)28(20)3)13-15-8-6-5-7-9-15/h5-12,30H,13H2,1-4H3,(H,24,26)/b25-14-. The molecule has 2 aromatic heterocycles. The molecule has 2 N–H and O–H groups in total. The summed E-state index contributed by atoms with van der Waals surface area (Å²) in [5, 5.41) is 14.1. The average molecular weight is 448 g/mol. The molecule has 2 aromatic carbocycles. The number of methoxy groups -OCH3 is 1. The summed E-state index contributed by atoms with van der Waals surface area (Å²) in [6.07, 6.45) is 0. The maximum atomic E-state index is 13.2. The van der Waals surface area contributed by atoms with Crippen LogP contribution in [0.2, 0.25) is 0 Å². The van der Waals surface area contributed by atoms with Gasteiger partial charge in [-0.05, 0) is 30.7 Å². The summed E-state index contributed by atoms with van der Waals surface area (Å²) in [5.41, 5.74) is 4.73. The molecule has 0 atom stereocenters. The molecule has 0 saturated carbocycles. The Morgan fingerprint density at radius 2 is 1.85 bits per heavy atom. The highest BCUT2D eigenvalue weighted by Crippen LogP contribution is 2.26. The van der Waals surface area contributed by atoms with Gasteiger partial charge in [0, 0.05) is 19.7 Å². The van der Waals surface area contributed by atoms with Crippen LogP contribution in [-0.4, -0.2) is 36.6 Å². The number of aryl methyl sites for hydroxylation is 2. The summed E-state index contributed by atoms with van der Waals surface area (Å²) in [6, 6.07) is 14.2. The minimum Gasteiger partial charge on any atom is -0.504 e. The smallest absolute Gasteiger partial charge is 0.332 e. The average Bonchev–Trinajstić information content (AvgIpc) is 3.16. The van der Waals surface area contributed by atoms with Crippen LogP contribution in [0.1, 0.15) is 18.1 Å². The summed E-state index contributed by atoms with van der Waals surface area (Å²) in [7, 11) is 4.74. The third-order valence-electron chi connectivity index (χ3n) is 5.46. The molecule has 0 bridgehead atoms. The van der Waals surface area contributed by atoms with Crippen LogP contribution in [0.3, 0.4) is 0 Å². The normalized spacial score (nSPS) is 11.7. The van der Waals surface area contributed by atoms with E-state index < -0.39 is 11.2 Å². The van der Waals surface area contributed by atoms with Crippen molar-refractivity contribution in [1.82, 2.24) is 18.7 Å². The molecule has 0 radical (unpaired) electrons. The molecule has 0 unspecified atom stereocenters. The van der Waals surface area contributed by atoms with Crippen molar-refractivity contribution in [3.05, 3.63) is 80.5 Å². The Morgan fingerprint density at radius 1 is 1.12 bits per heavy atom. The summed E-state index contributed by atoms with van der Waals surface area (Å²) in [5.74, 6) is 0.670. The van der Waals surface area contributed by atoms with Crippen LogP contribution in [0.4, 0.5) is 5.95 Å². The van der Waals surface area contributed by atoms with Crippen molar-refractivity contribution in [3.8, 4) is 11.5 Å². The Kier molecular flexibility index (Phi) is 5.74. The van der Waals surface area contributed by atoms with E-state index in [1.165, 1.54) is 22.3 Å². The highest BCUT2D eigenvalue weighted by Gasteiger charge is 2.18. The zero-order chi connectivity index (χ0) is 23.7. The molecular weight excluding hydrogens is 424 g/mol. The van der Waals surface area contributed by atoms with E-state index in [2.05, 4.69) is 15.5 Å². The van der Waals surface area contributed by atoms with E-state index in [1.807, 2.05) is 30.3 Å². The minimum absolute atomic E-state index is 0.0325. The second-order valence-electron chi connectivity index (χ2n) is 7.58. The molecule has 4 aromatic rings. The number of nitrogens with zero attached hydrogens (tertiary/aromatic N) is 5. The van der Waals surface area contributed by atoms with Crippen LogP contribution >= 0.6 is 0 Å². The lowest BCUT2D eigenvalue weighted by Crippen LogP contribution is -2.39. The van der Waals surface area contributed by atoms with Gasteiger partial charge in [-0.25, -0.2) is 10.2 Å². The fraction of sp³-hybridized carbons (Fsp3) is 0.217. The van der Waals surface area contributed by atoms with E-state index >= 15 is 0 Å². The van der Waals surface area contributed by atoms with E-state index in [0.29, 0.717) is 17.4 Å². The fourth-order valence-electron chi connectivity index (χ4n) is 3.55. The zero-order valence-corrected chi connectivity index (χ0v) is 18.7. The Hall–Kier alpha value is -4.34. The van der Waals surface area contributed by atoms with Gasteiger partial charge in [0.25, 0.3) is 5.56 Å². The van der Waals surface area contributed by atoms with Gasteiger partial charge in [0.1, 0.15) is 0 Å². The lowest BCUT2D eigenvalue weighted by atomic mass is 10.1. The summed E-state index contributed by atoms with van der Waals surface area (Å²) in [4.78, 5) is 30.5. The summed E-state index contributed by atoms with van der Waals surface area (Å²) >= 11 is 0. The van der Waals surface area contributed by atoms with Gasteiger partial charge in [-0.1, -0.05) is 30.3 Å². The van der Waals surface area contributed by atoms with Crippen molar-refractivity contribution in [2.24, 2.45) is 19.2 Å². The molecule has 0 saturated heterocycles. The number of phenols is 1. The zero-order valence-electron chi connectivity index (χ0n) is 18.7. The Morgan fingerprint density at radius 3 is 2.55 bits per heavy atom. The van der Waals surface area contributed by atoms with E-state index in [9.17, 15) is 14.7 Å². The number of rotatable bonds is 6. The first-order valence-electron chi connectivity index (χ1n) is 10.2. The van der Waals surface area contributed by atoms with E-state index in [4.69, 9.17) is 4.74 Å². The first kappa shape index (κ1) is 21.9. The van der Waals surface area contributed by atoms with Crippen LogP contribution in [0, 0.1) is 0 Å². The third-order valence-corrected chi connectivity index (χ3v) is 5.46. The van der Waals surface area contributed by atoms with Crippen molar-refractivity contribution in [3.63, 3.8) is 0 Å². The molecule has 0 aliphatic heterocycles. The molecule has 0 spiro atoms. The number of fused-ring (bicyclic) bond motifs is 1. The summed E-state index contributed by atoms with van der Waals surface area (Å²) in [6.45, 7) is 1.94. The predicted molar refractivity (Wildman–Crippen MR) is 126 cm³/mol. The monoisotopic (exact) mass is 448 g/mol. The van der Waals surface area contributed by atoms with Gasteiger partial charge in [0.2, 0.25) is 5.95 Å². The van der Waals surface area contributed by atoms with Crippen LogP contribution in [-0.2, 0) is 20.6 Å². The Balaban J connectivity index is 1.73. The maximum Gasteiger partial charge on any atom is 0.332 e. The van der Waals surface area contributed by atoms with Crippen molar-refractivity contribution in [2.75, 3.05) is 12.5 Å². The van der Waals surface area contributed by atoms with Crippen LogP contribution < -0.4 is 21.4 Å². The molecule has 2 heterocycles. The Labute approximate surface area is 189 Å². The molecule has 0 fully saturated rings. The molecule has 0 amide bonds. The first-order valence-corrected chi connectivity index (χ1v) is 10.2. The second-order valence-corrected chi connectivity index (χ2v) is 7.58. The third kappa shape index (κ3) is 3.98. The predicted octanol–water partition coefficient (Wildman–Crippen LogP) is 2.03. The van der Waals surface area contributed by atoms with Crippen LogP contribution in [0.15, 0.2) is 63.2 Å². The van der Waals surface area contributed by atoms with Gasteiger partial charge >= 0.3 is 5.69 Å². The second kappa shape index (κ2) is 8.65. The minimum atomic E-state index is -0.447. The number of imidazole rings is 1.